The molecular weight excluding hydrogens is 193 g/mol. The number of nitrogens with zero attached hydrogens (tertiary/aromatic N) is 1. The lowest BCUT2D eigenvalue weighted by Gasteiger charge is -2.11. The SMILES string of the molecule is CC(=O)OCC1CN(C(=O)O)CC1F. The van der Waals surface area contributed by atoms with E-state index < -0.39 is 24.2 Å². The number of carbonyl (C=O) groups is 2. The van der Waals surface area contributed by atoms with Gasteiger partial charge in [0.2, 0.25) is 0 Å². The molecule has 5 nitrogen and oxygen atoms in total. The summed E-state index contributed by atoms with van der Waals surface area (Å²) < 4.78 is 17.8. The topological polar surface area (TPSA) is 66.8 Å². The van der Waals surface area contributed by atoms with Crippen LogP contribution in [0, 0.1) is 5.92 Å². The molecule has 0 aliphatic carbocycles. The number of ether oxygens (including phenoxy) is 1. The minimum absolute atomic E-state index is 0.0553. The molecule has 0 saturated carbocycles. The van der Waals surface area contributed by atoms with E-state index in [1.54, 1.807) is 0 Å². The Balaban J connectivity index is 2.40. The minimum Gasteiger partial charge on any atom is -0.465 e. The first-order valence-electron chi connectivity index (χ1n) is 4.26. The van der Waals surface area contributed by atoms with Gasteiger partial charge in [-0.15, -0.1) is 0 Å². The van der Waals surface area contributed by atoms with E-state index in [-0.39, 0.29) is 19.7 Å². The molecule has 80 valence electrons. The quantitative estimate of drug-likeness (QED) is 0.666. The number of hydrogen-bond donors (Lipinski definition) is 1. The molecule has 1 amide bonds. The Morgan fingerprint density at radius 1 is 1.57 bits per heavy atom. The van der Waals surface area contributed by atoms with Crippen LogP contribution in [-0.4, -0.2) is 47.9 Å². The smallest absolute Gasteiger partial charge is 0.407 e. The largest absolute Gasteiger partial charge is 0.465 e. The van der Waals surface area contributed by atoms with Gasteiger partial charge in [-0.25, -0.2) is 9.18 Å². The van der Waals surface area contributed by atoms with Crippen molar-refractivity contribution >= 4 is 12.1 Å². The van der Waals surface area contributed by atoms with Gasteiger partial charge < -0.3 is 14.7 Å². The van der Waals surface area contributed by atoms with Crippen LogP contribution >= 0.6 is 0 Å². The standard InChI is InChI=1S/C8H12FNO4/c1-5(11)14-4-6-2-10(8(12)13)3-7(6)9/h6-7H,2-4H2,1H3,(H,12,13). The average Bonchev–Trinajstić information content (AvgIpc) is 2.43. The van der Waals surface area contributed by atoms with E-state index in [2.05, 4.69) is 4.74 Å². The van der Waals surface area contributed by atoms with Crippen molar-refractivity contribution in [1.82, 2.24) is 4.90 Å². The van der Waals surface area contributed by atoms with Crippen LogP contribution in [0.5, 0.6) is 0 Å². The molecule has 0 aromatic carbocycles. The van der Waals surface area contributed by atoms with Gasteiger partial charge in [-0.1, -0.05) is 0 Å². The van der Waals surface area contributed by atoms with Crippen molar-refractivity contribution in [1.29, 1.82) is 0 Å². The third-order valence-corrected chi connectivity index (χ3v) is 2.13. The highest BCUT2D eigenvalue weighted by atomic mass is 19.1. The number of halogens is 1. The van der Waals surface area contributed by atoms with Gasteiger partial charge in [-0.3, -0.25) is 4.79 Å². The summed E-state index contributed by atoms with van der Waals surface area (Å²) in [5, 5.41) is 8.58. The highest BCUT2D eigenvalue weighted by molar-refractivity contribution is 5.66. The number of alkyl halides is 1. The second kappa shape index (κ2) is 4.26. The molecule has 1 heterocycles. The Kier molecular flexibility index (Phi) is 3.27. The number of hydrogen-bond acceptors (Lipinski definition) is 3. The minimum atomic E-state index is -1.24. The van der Waals surface area contributed by atoms with E-state index in [0.29, 0.717) is 0 Å². The third kappa shape index (κ3) is 2.58. The van der Waals surface area contributed by atoms with Crippen LogP contribution in [0.3, 0.4) is 0 Å². The Morgan fingerprint density at radius 3 is 2.64 bits per heavy atom. The molecule has 14 heavy (non-hydrogen) atoms. The lowest BCUT2D eigenvalue weighted by molar-refractivity contribution is -0.142. The molecule has 6 heteroatoms. The van der Waals surface area contributed by atoms with Crippen LogP contribution in [0.25, 0.3) is 0 Å². The number of carbonyl (C=O) groups excluding carboxylic acids is 1. The zero-order valence-electron chi connectivity index (χ0n) is 7.77. The summed E-state index contributed by atoms with van der Waals surface area (Å²) in [5.74, 6) is -1.01. The molecule has 0 radical (unpaired) electrons. The van der Waals surface area contributed by atoms with Crippen molar-refractivity contribution in [2.24, 2.45) is 5.92 Å². The first-order valence-corrected chi connectivity index (χ1v) is 4.26. The van der Waals surface area contributed by atoms with Crippen molar-refractivity contribution < 1.29 is 23.8 Å². The first kappa shape index (κ1) is 10.7. The Bertz CT molecular complexity index is 245. The predicted octanol–water partition coefficient (Wildman–Crippen LogP) is 0.497. The van der Waals surface area contributed by atoms with E-state index in [0.717, 1.165) is 4.90 Å². The van der Waals surface area contributed by atoms with Gasteiger partial charge in [-0.2, -0.15) is 0 Å². The van der Waals surface area contributed by atoms with Gasteiger partial charge in [-0.05, 0) is 0 Å². The normalized spacial score (nSPS) is 26.3. The van der Waals surface area contributed by atoms with Crippen LogP contribution in [0.4, 0.5) is 9.18 Å². The molecule has 1 aliphatic rings. The maximum Gasteiger partial charge on any atom is 0.407 e. The number of carboxylic acid groups (broad SMARTS) is 1. The second-order valence-corrected chi connectivity index (χ2v) is 3.27. The summed E-state index contributed by atoms with van der Waals surface area (Å²) in [7, 11) is 0. The molecule has 1 fully saturated rings. The predicted molar refractivity (Wildman–Crippen MR) is 44.6 cm³/mol. The van der Waals surface area contributed by atoms with Crippen molar-refractivity contribution in [3.8, 4) is 0 Å². The molecule has 0 bridgehead atoms. The molecule has 1 aliphatic heterocycles. The van der Waals surface area contributed by atoms with E-state index in [1.807, 2.05) is 0 Å². The molecule has 0 aromatic heterocycles. The highest BCUT2D eigenvalue weighted by Crippen LogP contribution is 2.20. The zero-order valence-corrected chi connectivity index (χ0v) is 7.77. The number of rotatable bonds is 2. The Hall–Kier alpha value is -1.33. The number of likely N-dealkylation sites (tertiary alicyclic amines) is 1. The number of esters is 1. The van der Waals surface area contributed by atoms with E-state index in [1.165, 1.54) is 6.92 Å². The van der Waals surface area contributed by atoms with Crippen LogP contribution in [-0.2, 0) is 9.53 Å². The number of amides is 1. The molecule has 1 rings (SSSR count). The molecular formula is C8H12FNO4. The lowest BCUT2D eigenvalue weighted by Crippen LogP contribution is -2.27. The monoisotopic (exact) mass is 205 g/mol. The van der Waals surface area contributed by atoms with Crippen LogP contribution in [0.15, 0.2) is 0 Å². The highest BCUT2D eigenvalue weighted by Gasteiger charge is 2.35. The first-order chi connectivity index (χ1) is 6.50. The summed E-state index contributed by atoms with van der Waals surface area (Å²) in [6.45, 7) is 1.13. The fourth-order valence-electron chi connectivity index (χ4n) is 1.37. The average molecular weight is 205 g/mol. The summed E-state index contributed by atoms with van der Waals surface area (Å²) in [5.41, 5.74) is 0. The van der Waals surface area contributed by atoms with Crippen molar-refractivity contribution in [2.45, 2.75) is 13.1 Å². The lowest BCUT2D eigenvalue weighted by atomic mass is 10.1. The maximum atomic E-state index is 13.2. The Morgan fingerprint density at radius 2 is 2.21 bits per heavy atom. The second-order valence-electron chi connectivity index (χ2n) is 3.27. The van der Waals surface area contributed by atoms with E-state index in [4.69, 9.17) is 5.11 Å². The van der Waals surface area contributed by atoms with Crippen LogP contribution < -0.4 is 0 Å². The molecule has 1 saturated heterocycles. The Labute approximate surface area is 80.4 Å². The fourth-order valence-corrected chi connectivity index (χ4v) is 1.37. The van der Waals surface area contributed by atoms with Crippen molar-refractivity contribution in [3.05, 3.63) is 0 Å². The van der Waals surface area contributed by atoms with Crippen LogP contribution in [0.1, 0.15) is 6.92 Å². The van der Waals surface area contributed by atoms with E-state index >= 15 is 0 Å². The molecule has 0 aromatic rings. The van der Waals surface area contributed by atoms with Gasteiger partial charge in [0.15, 0.2) is 0 Å². The molecule has 2 unspecified atom stereocenters. The molecule has 0 spiro atoms. The van der Waals surface area contributed by atoms with E-state index in [9.17, 15) is 14.0 Å². The molecule has 1 N–H and O–H groups in total. The summed E-state index contributed by atoms with van der Waals surface area (Å²) >= 11 is 0. The maximum absolute atomic E-state index is 13.2. The van der Waals surface area contributed by atoms with Crippen LogP contribution in [0.2, 0.25) is 0 Å². The van der Waals surface area contributed by atoms with Gasteiger partial charge in [0.25, 0.3) is 0 Å². The van der Waals surface area contributed by atoms with Gasteiger partial charge in [0, 0.05) is 19.4 Å². The van der Waals surface area contributed by atoms with Gasteiger partial charge in [0.1, 0.15) is 6.17 Å². The zero-order chi connectivity index (χ0) is 10.7. The van der Waals surface area contributed by atoms with Crippen molar-refractivity contribution in [2.75, 3.05) is 19.7 Å². The summed E-state index contributed by atoms with van der Waals surface area (Å²) in [4.78, 5) is 21.9. The third-order valence-electron chi connectivity index (χ3n) is 2.13. The van der Waals surface area contributed by atoms with Crippen molar-refractivity contribution in [3.63, 3.8) is 0 Å². The molecule has 2 atom stereocenters. The summed E-state index contributed by atoms with van der Waals surface area (Å²) in [6, 6.07) is 0. The van der Waals surface area contributed by atoms with Gasteiger partial charge in [0.05, 0.1) is 13.2 Å². The van der Waals surface area contributed by atoms with Gasteiger partial charge >= 0.3 is 12.1 Å². The fraction of sp³-hybridized carbons (Fsp3) is 0.750. The summed E-state index contributed by atoms with van der Waals surface area (Å²) in [6.07, 6.45) is -2.39.